The van der Waals surface area contributed by atoms with Crippen molar-refractivity contribution in [1.82, 2.24) is 5.32 Å². The predicted octanol–water partition coefficient (Wildman–Crippen LogP) is 5.23. The van der Waals surface area contributed by atoms with Gasteiger partial charge >= 0.3 is 0 Å². The Bertz CT molecular complexity index is 897. The maximum Gasteiger partial charge on any atom is 0.161 e. The maximum atomic E-state index is 6.19. The van der Waals surface area contributed by atoms with Crippen molar-refractivity contribution < 1.29 is 14.2 Å². The molecule has 146 valence electrons. The minimum Gasteiger partial charge on any atom is -0.497 e. The van der Waals surface area contributed by atoms with Crippen LogP contribution in [-0.4, -0.2) is 14.2 Å². The third-order valence-electron chi connectivity index (χ3n) is 4.39. The van der Waals surface area contributed by atoms with E-state index >= 15 is 0 Å². The van der Waals surface area contributed by atoms with Crippen molar-refractivity contribution in [3.8, 4) is 17.2 Å². The second kappa shape index (κ2) is 10.0. The van der Waals surface area contributed by atoms with E-state index in [1.165, 1.54) is 5.56 Å². The summed E-state index contributed by atoms with van der Waals surface area (Å²) < 4.78 is 16.6. The molecule has 4 nitrogen and oxygen atoms in total. The molecule has 0 aromatic heterocycles. The van der Waals surface area contributed by atoms with Gasteiger partial charge in [-0.1, -0.05) is 48.0 Å². The van der Waals surface area contributed by atoms with E-state index in [1.807, 2.05) is 54.6 Å². The number of nitrogens with one attached hydrogen (secondary N) is 1. The SMILES string of the molecule is COc1ccc(CNCc2ccc(OCc3ccccc3Cl)c(OC)c2)cc1. The molecule has 28 heavy (non-hydrogen) atoms. The van der Waals surface area contributed by atoms with E-state index in [4.69, 9.17) is 25.8 Å². The summed E-state index contributed by atoms with van der Waals surface area (Å²) >= 11 is 6.19. The Morgan fingerprint density at radius 3 is 2.21 bits per heavy atom. The van der Waals surface area contributed by atoms with Gasteiger partial charge in [0.05, 0.1) is 14.2 Å². The lowest BCUT2D eigenvalue weighted by Crippen LogP contribution is -2.12. The summed E-state index contributed by atoms with van der Waals surface area (Å²) in [7, 11) is 3.31. The van der Waals surface area contributed by atoms with Crippen molar-refractivity contribution in [3.63, 3.8) is 0 Å². The van der Waals surface area contributed by atoms with Crippen LogP contribution in [0.15, 0.2) is 66.7 Å². The standard InChI is InChI=1S/C23H24ClNO3/c1-26-20-10-7-17(8-11-20)14-25-15-18-9-12-22(23(13-18)27-2)28-16-19-5-3-4-6-21(19)24/h3-13,25H,14-16H2,1-2H3. The Morgan fingerprint density at radius 1 is 0.786 bits per heavy atom. The van der Waals surface area contributed by atoms with E-state index in [9.17, 15) is 0 Å². The van der Waals surface area contributed by atoms with Crippen molar-refractivity contribution in [2.24, 2.45) is 0 Å². The van der Waals surface area contributed by atoms with Crippen LogP contribution < -0.4 is 19.5 Å². The van der Waals surface area contributed by atoms with Gasteiger partial charge in [0.1, 0.15) is 12.4 Å². The van der Waals surface area contributed by atoms with Gasteiger partial charge in [0.15, 0.2) is 11.5 Å². The highest BCUT2D eigenvalue weighted by Gasteiger charge is 2.08. The van der Waals surface area contributed by atoms with Crippen LogP contribution in [0.5, 0.6) is 17.2 Å². The van der Waals surface area contributed by atoms with Crippen molar-refractivity contribution in [2.75, 3.05) is 14.2 Å². The second-order valence-electron chi connectivity index (χ2n) is 6.32. The van der Waals surface area contributed by atoms with Crippen molar-refractivity contribution in [2.45, 2.75) is 19.7 Å². The first-order valence-electron chi connectivity index (χ1n) is 9.06. The number of ether oxygens (including phenoxy) is 3. The van der Waals surface area contributed by atoms with E-state index in [2.05, 4.69) is 17.4 Å². The van der Waals surface area contributed by atoms with Crippen LogP contribution in [0.3, 0.4) is 0 Å². The van der Waals surface area contributed by atoms with Crippen LogP contribution in [0.1, 0.15) is 16.7 Å². The molecule has 0 atom stereocenters. The molecule has 0 bridgehead atoms. The van der Waals surface area contributed by atoms with Crippen LogP contribution >= 0.6 is 11.6 Å². The Morgan fingerprint density at radius 2 is 1.50 bits per heavy atom. The molecule has 0 unspecified atom stereocenters. The maximum absolute atomic E-state index is 6.19. The number of hydrogen-bond acceptors (Lipinski definition) is 4. The molecule has 0 saturated heterocycles. The van der Waals surface area contributed by atoms with Crippen LogP contribution in [0.2, 0.25) is 5.02 Å². The molecule has 0 amide bonds. The lowest BCUT2D eigenvalue weighted by Gasteiger charge is -2.13. The van der Waals surface area contributed by atoms with Gasteiger partial charge in [0.2, 0.25) is 0 Å². The molecule has 0 aliphatic carbocycles. The van der Waals surface area contributed by atoms with Crippen LogP contribution in [0.4, 0.5) is 0 Å². The van der Waals surface area contributed by atoms with Crippen molar-refractivity contribution >= 4 is 11.6 Å². The van der Waals surface area contributed by atoms with Gasteiger partial charge in [-0.2, -0.15) is 0 Å². The fourth-order valence-electron chi connectivity index (χ4n) is 2.81. The highest BCUT2D eigenvalue weighted by atomic mass is 35.5. The first-order valence-corrected chi connectivity index (χ1v) is 9.44. The molecule has 0 radical (unpaired) electrons. The number of hydrogen-bond donors (Lipinski definition) is 1. The average Bonchev–Trinajstić information content (AvgIpc) is 2.74. The molecular formula is C23H24ClNO3. The van der Waals surface area contributed by atoms with E-state index in [0.717, 1.165) is 30.0 Å². The summed E-state index contributed by atoms with van der Waals surface area (Å²) in [5.74, 6) is 2.26. The molecule has 0 aliphatic rings. The van der Waals surface area contributed by atoms with Crippen molar-refractivity contribution in [1.29, 1.82) is 0 Å². The number of halogens is 1. The molecule has 3 rings (SSSR count). The summed E-state index contributed by atoms with van der Waals surface area (Å²) in [6, 6.07) is 21.6. The van der Waals surface area contributed by atoms with E-state index in [1.54, 1.807) is 14.2 Å². The molecule has 3 aromatic rings. The fourth-order valence-corrected chi connectivity index (χ4v) is 3.00. The Labute approximate surface area is 171 Å². The van der Waals surface area contributed by atoms with E-state index in [-0.39, 0.29) is 0 Å². The number of benzene rings is 3. The summed E-state index contributed by atoms with van der Waals surface area (Å²) in [6.45, 7) is 1.90. The highest BCUT2D eigenvalue weighted by Crippen LogP contribution is 2.29. The minimum absolute atomic E-state index is 0.394. The Kier molecular flexibility index (Phi) is 7.18. The van der Waals surface area contributed by atoms with Crippen LogP contribution in [-0.2, 0) is 19.7 Å². The zero-order valence-electron chi connectivity index (χ0n) is 16.1. The largest absolute Gasteiger partial charge is 0.497 e. The average molecular weight is 398 g/mol. The normalized spacial score (nSPS) is 10.5. The van der Waals surface area contributed by atoms with Gasteiger partial charge in [0.25, 0.3) is 0 Å². The van der Waals surface area contributed by atoms with Gasteiger partial charge in [-0.25, -0.2) is 0 Å². The first-order chi connectivity index (χ1) is 13.7. The zero-order valence-corrected chi connectivity index (χ0v) is 16.8. The highest BCUT2D eigenvalue weighted by molar-refractivity contribution is 6.31. The predicted molar refractivity (Wildman–Crippen MR) is 112 cm³/mol. The molecule has 0 spiro atoms. The smallest absolute Gasteiger partial charge is 0.161 e. The molecule has 0 saturated carbocycles. The number of rotatable bonds is 9. The fraction of sp³-hybridized carbons (Fsp3) is 0.217. The molecule has 1 N–H and O–H groups in total. The number of methoxy groups -OCH3 is 2. The molecule has 0 aliphatic heterocycles. The summed E-state index contributed by atoms with van der Waals surface area (Å²) in [6.07, 6.45) is 0. The lowest BCUT2D eigenvalue weighted by molar-refractivity contribution is 0.284. The van der Waals surface area contributed by atoms with Gasteiger partial charge in [0, 0.05) is 23.7 Å². The third-order valence-corrected chi connectivity index (χ3v) is 4.76. The van der Waals surface area contributed by atoms with Gasteiger partial charge in [-0.05, 0) is 41.5 Å². The quantitative estimate of drug-likeness (QED) is 0.537. The third kappa shape index (κ3) is 5.41. The van der Waals surface area contributed by atoms with Gasteiger partial charge in [-0.3, -0.25) is 0 Å². The van der Waals surface area contributed by atoms with Crippen LogP contribution in [0.25, 0.3) is 0 Å². The minimum atomic E-state index is 0.394. The van der Waals surface area contributed by atoms with Gasteiger partial charge in [-0.15, -0.1) is 0 Å². The molecule has 0 heterocycles. The molecule has 5 heteroatoms. The Balaban J connectivity index is 1.56. The summed E-state index contributed by atoms with van der Waals surface area (Å²) in [5.41, 5.74) is 3.26. The second-order valence-corrected chi connectivity index (χ2v) is 6.72. The zero-order chi connectivity index (χ0) is 19.8. The van der Waals surface area contributed by atoms with Gasteiger partial charge < -0.3 is 19.5 Å². The Hall–Kier alpha value is -2.69. The van der Waals surface area contributed by atoms with E-state index < -0.39 is 0 Å². The molecular weight excluding hydrogens is 374 g/mol. The topological polar surface area (TPSA) is 39.7 Å². The summed E-state index contributed by atoms with van der Waals surface area (Å²) in [5, 5.41) is 4.13. The van der Waals surface area contributed by atoms with E-state index in [0.29, 0.717) is 23.1 Å². The summed E-state index contributed by atoms with van der Waals surface area (Å²) in [4.78, 5) is 0. The van der Waals surface area contributed by atoms with Crippen molar-refractivity contribution in [3.05, 3.63) is 88.4 Å². The lowest BCUT2D eigenvalue weighted by atomic mass is 10.1. The van der Waals surface area contributed by atoms with Crippen LogP contribution in [0, 0.1) is 0 Å². The molecule has 0 fully saturated rings. The molecule has 3 aromatic carbocycles. The monoisotopic (exact) mass is 397 g/mol. The first kappa shape index (κ1) is 20.1.